The molecule has 0 bridgehead atoms. The van der Waals surface area contributed by atoms with Gasteiger partial charge in [0.25, 0.3) is 0 Å². The van der Waals surface area contributed by atoms with Crippen LogP contribution in [-0.4, -0.2) is 15.8 Å². The molecule has 0 aliphatic rings. The molecule has 2 nitrogen and oxygen atoms in total. The topological polar surface area (TPSA) is 33.1 Å². The fraction of sp³-hybridized carbons (Fsp3) is 0.118. The predicted octanol–water partition coefficient (Wildman–Crippen LogP) is 4.20. The first kappa shape index (κ1) is 14.0. The number of aromatic nitrogens is 1. The lowest BCUT2D eigenvalue weighted by Gasteiger charge is -2.11. The predicted molar refractivity (Wildman–Crippen MR) is 83.8 cm³/mol. The van der Waals surface area contributed by atoms with Crippen molar-refractivity contribution in [1.29, 1.82) is 0 Å². The third-order valence-electron chi connectivity index (χ3n) is 3.22. The SMILES string of the molecule is OC(CSc1cccc(F)c1)c1ccc2ncccc2c1. The number of halogens is 1. The average molecular weight is 299 g/mol. The Balaban J connectivity index is 1.73. The fourth-order valence-electron chi connectivity index (χ4n) is 2.13. The van der Waals surface area contributed by atoms with E-state index < -0.39 is 6.10 Å². The molecule has 2 aromatic carbocycles. The van der Waals surface area contributed by atoms with E-state index in [1.54, 1.807) is 12.3 Å². The van der Waals surface area contributed by atoms with E-state index in [2.05, 4.69) is 4.98 Å². The summed E-state index contributed by atoms with van der Waals surface area (Å²) in [5, 5.41) is 11.3. The van der Waals surface area contributed by atoms with Gasteiger partial charge in [0.15, 0.2) is 0 Å². The van der Waals surface area contributed by atoms with Gasteiger partial charge >= 0.3 is 0 Å². The number of rotatable bonds is 4. The molecule has 1 unspecified atom stereocenters. The zero-order chi connectivity index (χ0) is 14.7. The molecule has 1 aromatic heterocycles. The molecule has 0 saturated heterocycles. The number of fused-ring (bicyclic) bond motifs is 1. The quantitative estimate of drug-likeness (QED) is 0.733. The van der Waals surface area contributed by atoms with Crippen LogP contribution in [0.1, 0.15) is 11.7 Å². The minimum Gasteiger partial charge on any atom is -0.388 e. The van der Waals surface area contributed by atoms with Crippen molar-refractivity contribution in [3.8, 4) is 0 Å². The van der Waals surface area contributed by atoms with E-state index in [-0.39, 0.29) is 5.82 Å². The van der Waals surface area contributed by atoms with Gasteiger partial charge in [-0.15, -0.1) is 11.8 Å². The number of benzene rings is 2. The molecule has 1 atom stereocenters. The molecule has 4 heteroatoms. The number of nitrogens with zero attached hydrogens (tertiary/aromatic N) is 1. The molecule has 21 heavy (non-hydrogen) atoms. The number of hydrogen-bond donors (Lipinski definition) is 1. The van der Waals surface area contributed by atoms with E-state index in [9.17, 15) is 9.50 Å². The molecule has 3 aromatic rings. The monoisotopic (exact) mass is 299 g/mol. The van der Waals surface area contributed by atoms with Crippen LogP contribution in [0.15, 0.2) is 65.7 Å². The summed E-state index contributed by atoms with van der Waals surface area (Å²) < 4.78 is 13.1. The number of aliphatic hydroxyl groups excluding tert-OH is 1. The minimum atomic E-state index is -0.595. The van der Waals surface area contributed by atoms with Gasteiger partial charge < -0.3 is 5.11 Å². The maximum absolute atomic E-state index is 13.1. The van der Waals surface area contributed by atoms with Crippen LogP contribution in [0.3, 0.4) is 0 Å². The van der Waals surface area contributed by atoms with Crippen molar-refractivity contribution in [2.45, 2.75) is 11.0 Å². The number of aliphatic hydroxyl groups is 1. The molecular formula is C17H14FNOS. The first-order valence-electron chi connectivity index (χ1n) is 6.63. The van der Waals surface area contributed by atoms with Crippen molar-refractivity contribution in [1.82, 2.24) is 4.98 Å². The smallest absolute Gasteiger partial charge is 0.124 e. The second-order valence-electron chi connectivity index (χ2n) is 4.74. The minimum absolute atomic E-state index is 0.258. The van der Waals surface area contributed by atoms with Gasteiger partial charge in [0.05, 0.1) is 11.6 Å². The number of thioether (sulfide) groups is 1. The Labute approximate surface area is 126 Å². The van der Waals surface area contributed by atoms with Crippen molar-refractivity contribution in [3.05, 3.63) is 72.2 Å². The fourth-order valence-corrected chi connectivity index (χ4v) is 3.04. The molecule has 0 aliphatic heterocycles. The van der Waals surface area contributed by atoms with Crippen LogP contribution in [-0.2, 0) is 0 Å². The highest BCUT2D eigenvalue weighted by Crippen LogP contribution is 2.26. The first-order valence-corrected chi connectivity index (χ1v) is 7.62. The Kier molecular flexibility index (Phi) is 4.18. The maximum atomic E-state index is 13.1. The second-order valence-corrected chi connectivity index (χ2v) is 5.83. The molecule has 0 spiro atoms. The van der Waals surface area contributed by atoms with Crippen LogP contribution in [0.2, 0.25) is 0 Å². The van der Waals surface area contributed by atoms with E-state index in [4.69, 9.17) is 0 Å². The lowest BCUT2D eigenvalue weighted by molar-refractivity contribution is 0.204. The zero-order valence-corrected chi connectivity index (χ0v) is 12.1. The van der Waals surface area contributed by atoms with Gasteiger partial charge in [-0.1, -0.05) is 18.2 Å². The van der Waals surface area contributed by atoms with Crippen molar-refractivity contribution in [2.75, 3.05) is 5.75 Å². The highest BCUT2D eigenvalue weighted by atomic mass is 32.2. The largest absolute Gasteiger partial charge is 0.388 e. The van der Waals surface area contributed by atoms with Crippen molar-refractivity contribution in [3.63, 3.8) is 0 Å². The highest BCUT2D eigenvalue weighted by Gasteiger charge is 2.09. The summed E-state index contributed by atoms with van der Waals surface area (Å²) in [6.45, 7) is 0. The number of hydrogen-bond acceptors (Lipinski definition) is 3. The lowest BCUT2D eigenvalue weighted by atomic mass is 10.1. The van der Waals surface area contributed by atoms with Gasteiger partial charge in [-0.05, 0) is 42.0 Å². The summed E-state index contributed by atoms with van der Waals surface area (Å²) in [7, 11) is 0. The molecule has 3 rings (SSSR count). The zero-order valence-electron chi connectivity index (χ0n) is 11.2. The van der Waals surface area contributed by atoms with Crippen molar-refractivity contribution >= 4 is 22.7 Å². The summed E-state index contributed by atoms with van der Waals surface area (Å²) in [5.74, 6) is 0.223. The molecule has 0 radical (unpaired) electrons. The summed E-state index contributed by atoms with van der Waals surface area (Å²) in [6.07, 6.45) is 1.15. The lowest BCUT2D eigenvalue weighted by Crippen LogP contribution is -2.00. The van der Waals surface area contributed by atoms with Gasteiger partial charge in [0.1, 0.15) is 5.82 Å². The van der Waals surface area contributed by atoms with Crippen LogP contribution >= 0.6 is 11.8 Å². The van der Waals surface area contributed by atoms with Crippen LogP contribution in [0.25, 0.3) is 10.9 Å². The average Bonchev–Trinajstić information content (AvgIpc) is 2.52. The standard InChI is InChI=1S/C17H14FNOS/c18-14-4-1-5-15(10-14)21-11-17(20)13-6-7-16-12(9-13)3-2-8-19-16/h1-10,17,20H,11H2. The molecule has 0 aliphatic carbocycles. The van der Waals surface area contributed by atoms with E-state index >= 15 is 0 Å². The maximum Gasteiger partial charge on any atom is 0.124 e. The van der Waals surface area contributed by atoms with Gasteiger partial charge in [-0.3, -0.25) is 4.98 Å². The van der Waals surface area contributed by atoms with E-state index in [1.807, 2.05) is 36.4 Å². The highest BCUT2D eigenvalue weighted by molar-refractivity contribution is 7.99. The second kappa shape index (κ2) is 6.24. The van der Waals surface area contributed by atoms with E-state index in [0.29, 0.717) is 5.75 Å². The normalized spacial score (nSPS) is 12.5. The third kappa shape index (κ3) is 3.40. The molecule has 106 valence electrons. The molecular weight excluding hydrogens is 285 g/mol. The Hall–Kier alpha value is -1.91. The molecule has 1 N–H and O–H groups in total. The van der Waals surface area contributed by atoms with E-state index in [1.165, 1.54) is 23.9 Å². The van der Waals surface area contributed by atoms with Crippen LogP contribution in [0.5, 0.6) is 0 Å². The van der Waals surface area contributed by atoms with Gasteiger partial charge in [-0.2, -0.15) is 0 Å². The Morgan fingerprint density at radius 1 is 1.10 bits per heavy atom. The van der Waals surface area contributed by atoms with Crippen LogP contribution < -0.4 is 0 Å². The Morgan fingerprint density at radius 3 is 2.86 bits per heavy atom. The van der Waals surface area contributed by atoms with Crippen LogP contribution in [0, 0.1) is 5.82 Å². The Bertz CT molecular complexity index is 762. The summed E-state index contributed by atoms with van der Waals surface area (Å²) in [5.41, 5.74) is 1.76. The molecule has 0 fully saturated rings. The number of pyridine rings is 1. The van der Waals surface area contributed by atoms with Crippen molar-refractivity contribution in [2.24, 2.45) is 0 Å². The van der Waals surface area contributed by atoms with Crippen molar-refractivity contribution < 1.29 is 9.50 Å². The van der Waals surface area contributed by atoms with Gasteiger partial charge in [0, 0.05) is 22.2 Å². The molecule has 0 saturated carbocycles. The summed E-state index contributed by atoms with van der Waals surface area (Å²) in [6, 6.07) is 16.0. The Morgan fingerprint density at radius 2 is 2.00 bits per heavy atom. The van der Waals surface area contributed by atoms with Gasteiger partial charge in [0.2, 0.25) is 0 Å². The third-order valence-corrected chi connectivity index (χ3v) is 4.29. The van der Waals surface area contributed by atoms with E-state index in [0.717, 1.165) is 21.4 Å². The summed E-state index contributed by atoms with van der Waals surface area (Å²) in [4.78, 5) is 5.07. The first-order chi connectivity index (χ1) is 10.2. The molecule has 0 amide bonds. The summed E-state index contributed by atoms with van der Waals surface area (Å²) >= 11 is 1.44. The molecule has 1 heterocycles. The van der Waals surface area contributed by atoms with Gasteiger partial charge in [-0.25, -0.2) is 4.39 Å². The van der Waals surface area contributed by atoms with Crippen LogP contribution in [0.4, 0.5) is 4.39 Å².